The van der Waals surface area contributed by atoms with Crippen molar-refractivity contribution in [2.24, 2.45) is 0 Å². The van der Waals surface area contributed by atoms with E-state index in [9.17, 15) is 9.59 Å². The highest BCUT2D eigenvalue weighted by Crippen LogP contribution is 2.36. The fourth-order valence-electron chi connectivity index (χ4n) is 1.86. The number of aliphatic carboxylic acids is 1. The third kappa shape index (κ3) is 3.60. The fourth-order valence-corrected chi connectivity index (χ4v) is 2.68. The highest BCUT2D eigenvalue weighted by Gasteiger charge is 2.33. The summed E-state index contributed by atoms with van der Waals surface area (Å²) in [4.78, 5) is 24.5. The number of amides is 2. The molecule has 1 aliphatic rings. The van der Waals surface area contributed by atoms with Crippen molar-refractivity contribution in [3.8, 4) is 0 Å². The number of carboxylic acid groups (broad SMARTS) is 1. The summed E-state index contributed by atoms with van der Waals surface area (Å²) in [6.07, 6.45) is 0. The molecule has 1 heterocycles. The van der Waals surface area contributed by atoms with E-state index in [0.29, 0.717) is 10.2 Å². The molecule has 1 unspecified atom stereocenters. The number of morpholine rings is 1. The van der Waals surface area contributed by atoms with Crippen LogP contribution in [0.2, 0.25) is 10.0 Å². The van der Waals surface area contributed by atoms with Crippen molar-refractivity contribution in [2.45, 2.75) is 6.04 Å². The van der Waals surface area contributed by atoms with E-state index >= 15 is 0 Å². The minimum Gasteiger partial charge on any atom is -0.480 e. The van der Waals surface area contributed by atoms with Crippen LogP contribution in [-0.4, -0.2) is 47.8 Å². The van der Waals surface area contributed by atoms with Crippen molar-refractivity contribution in [1.29, 1.82) is 0 Å². The van der Waals surface area contributed by atoms with Gasteiger partial charge in [0.05, 0.1) is 28.9 Å². The fraction of sp³-hybridized carbons (Fsp3) is 0.333. The molecule has 1 aliphatic heterocycles. The number of rotatable bonds is 2. The monoisotopic (exact) mass is 396 g/mol. The number of carbonyl (C=O) groups is 2. The van der Waals surface area contributed by atoms with Crippen molar-refractivity contribution in [2.75, 3.05) is 25.1 Å². The number of nitrogens with one attached hydrogen (secondary N) is 1. The van der Waals surface area contributed by atoms with Crippen LogP contribution in [0.3, 0.4) is 0 Å². The maximum absolute atomic E-state index is 12.2. The van der Waals surface area contributed by atoms with Crippen LogP contribution in [0.15, 0.2) is 16.6 Å². The van der Waals surface area contributed by atoms with Crippen LogP contribution >= 0.6 is 39.1 Å². The number of urea groups is 1. The van der Waals surface area contributed by atoms with E-state index in [4.69, 9.17) is 33.0 Å². The minimum atomic E-state index is -1.12. The van der Waals surface area contributed by atoms with E-state index in [-0.39, 0.29) is 29.8 Å². The van der Waals surface area contributed by atoms with Crippen molar-refractivity contribution < 1.29 is 19.4 Å². The Morgan fingerprint density at radius 2 is 2.10 bits per heavy atom. The van der Waals surface area contributed by atoms with E-state index in [1.54, 1.807) is 12.1 Å². The molecule has 2 rings (SSSR count). The molecule has 2 amide bonds. The largest absolute Gasteiger partial charge is 0.480 e. The maximum Gasteiger partial charge on any atom is 0.328 e. The van der Waals surface area contributed by atoms with E-state index in [1.165, 1.54) is 4.90 Å². The molecule has 0 spiro atoms. The molecule has 0 radical (unpaired) electrons. The predicted molar refractivity (Wildman–Crippen MR) is 82.1 cm³/mol. The number of carboxylic acids is 1. The minimum absolute atomic E-state index is 0.0441. The number of nitrogens with zero attached hydrogens (tertiary/aromatic N) is 1. The van der Waals surface area contributed by atoms with E-state index in [0.717, 1.165) is 0 Å². The molecule has 9 heteroatoms. The van der Waals surface area contributed by atoms with Crippen LogP contribution in [0.5, 0.6) is 0 Å². The summed E-state index contributed by atoms with van der Waals surface area (Å²) >= 11 is 15.2. The zero-order chi connectivity index (χ0) is 15.6. The Labute approximate surface area is 139 Å². The number of anilines is 1. The smallest absolute Gasteiger partial charge is 0.328 e. The Morgan fingerprint density at radius 1 is 1.38 bits per heavy atom. The number of ether oxygens (including phenoxy) is 1. The lowest BCUT2D eigenvalue weighted by Gasteiger charge is -2.32. The molecule has 0 aliphatic carbocycles. The van der Waals surface area contributed by atoms with Crippen molar-refractivity contribution >= 4 is 56.8 Å². The molecular weight excluding hydrogens is 387 g/mol. The van der Waals surface area contributed by atoms with Gasteiger partial charge in [0.15, 0.2) is 6.04 Å². The summed E-state index contributed by atoms with van der Waals surface area (Å²) in [5.74, 6) is -1.12. The van der Waals surface area contributed by atoms with Crippen LogP contribution in [0, 0.1) is 0 Å². The van der Waals surface area contributed by atoms with Gasteiger partial charge in [-0.1, -0.05) is 23.2 Å². The van der Waals surface area contributed by atoms with Gasteiger partial charge in [0.2, 0.25) is 0 Å². The first kappa shape index (κ1) is 16.4. The summed E-state index contributed by atoms with van der Waals surface area (Å²) in [7, 11) is 0. The van der Waals surface area contributed by atoms with Crippen LogP contribution in [0.4, 0.5) is 10.5 Å². The molecule has 114 valence electrons. The second-order valence-electron chi connectivity index (χ2n) is 4.28. The van der Waals surface area contributed by atoms with Gasteiger partial charge in [-0.05, 0) is 28.1 Å². The third-order valence-corrected chi connectivity index (χ3v) is 4.72. The van der Waals surface area contributed by atoms with Gasteiger partial charge in [-0.25, -0.2) is 9.59 Å². The zero-order valence-electron chi connectivity index (χ0n) is 10.6. The van der Waals surface area contributed by atoms with Gasteiger partial charge >= 0.3 is 12.0 Å². The van der Waals surface area contributed by atoms with Gasteiger partial charge in [0.25, 0.3) is 0 Å². The highest BCUT2D eigenvalue weighted by atomic mass is 79.9. The lowest BCUT2D eigenvalue weighted by atomic mass is 10.2. The van der Waals surface area contributed by atoms with Crippen LogP contribution in [-0.2, 0) is 9.53 Å². The van der Waals surface area contributed by atoms with E-state index in [1.807, 2.05) is 0 Å². The molecule has 6 nitrogen and oxygen atoms in total. The quantitative estimate of drug-likeness (QED) is 0.751. The summed E-state index contributed by atoms with van der Waals surface area (Å²) in [5.41, 5.74) is 0.311. The first-order chi connectivity index (χ1) is 9.91. The molecule has 0 aromatic heterocycles. The molecule has 1 aromatic rings. The molecule has 1 saturated heterocycles. The van der Waals surface area contributed by atoms with E-state index in [2.05, 4.69) is 21.2 Å². The van der Waals surface area contributed by atoms with Gasteiger partial charge in [0.1, 0.15) is 0 Å². The Kier molecular flexibility index (Phi) is 5.32. The summed E-state index contributed by atoms with van der Waals surface area (Å²) < 4.78 is 5.68. The molecule has 2 N–H and O–H groups in total. The second kappa shape index (κ2) is 6.83. The number of hydrogen-bond acceptors (Lipinski definition) is 3. The van der Waals surface area contributed by atoms with Crippen molar-refractivity contribution in [1.82, 2.24) is 4.90 Å². The Balaban J connectivity index is 2.17. The number of carbonyl (C=O) groups excluding carboxylic acids is 1. The average Bonchev–Trinajstić information content (AvgIpc) is 2.47. The first-order valence-electron chi connectivity index (χ1n) is 5.93. The van der Waals surface area contributed by atoms with Gasteiger partial charge in [-0.2, -0.15) is 0 Å². The highest BCUT2D eigenvalue weighted by molar-refractivity contribution is 9.10. The lowest BCUT2D eigenvalue weighted by molar-refractivity contribution is -0.147. The van der Waals surface area contributed by atoms with Crippen molar-refractivity contribution in [3.05, 3.63) is 26.7 Å². The Morgan fingerprint density at radius 3 is 2.76 bits per heavy atom. The van der Waals surface area contributed by atoms with E-state index < -0.39 is 18.0 Å². The van der Waals surface area contributed by atoms with Gasteiger partial charge in [0, 0.05) is 11.0 Å². The van der Waals surface area contributed by atoms with Gasteiger partial charge < -0.3 is 20.1 Å². The topological polar surface area (TPSA) is 78.9 Å². The Bertz CT molecular complexity index is 585. The molecule has 0 saturated carbocycles. The molecule has 21 heavy (non-hydrogen) atoms. The average molecular weight is 398 g/mol. The zero-order valence-corrected chi connectivity index (χ0v) is 13.7. The number of hydrogen-bond donors (Lipinski definition) is 2. The van der Waals surface area contributed by atoms with Crippen molar-refractivity contribution in [3.63, 3.8) is 0 Å². The van der Waals surface area contributed by atoms with Gasteiger partial charge in [-0.3, -0.25) is 0 Å². The lowest BCUT2D eigenvalue weighted by Crippen LogP contribution is -2.53. The number of halogens is 3. The number of benzene rings is 1. The van der Waals surface area contributed by atoms with Crippen LogP contribution < -0.4 is 5.32 Å². The molecule has 1 atom stereocenters. The standard InChI is InChI=1S/C12H11BrCl2N2O4/c13-6-1-2-7(10(15)9(6)14)16-12(20)17-3-4-21-5-8(17)11(18)19/h1-2,8H,3-5H2,(H,16,20)(H,18,19). The first-order valence-corrected chi connectivity index (χ1v) is 7.48. The molecule has 0 bridgehead atoms. The Hall–Kier alpha value is -1.02. The second-order valence-corrected chi connectivity index (χ2v) is 5.89. The summed E-state index contributed by atoms with van der Waals surface area (Å²) in [6, 6.07) is 1.62. The molecule has 1 aromatic carbocycles. The normalized spacial score (nSPS) is 18.4. The van der Waals surface area contributed by atoms with Gasteiger partial charge in [-0.15, -0.1) is 0 Å². The molecule has 1 fully saturated rings. The summed E-state index contributed by atoms with van der Waals surface area (Å²) in [5, 5.41) is 12.1. The van der Waals surface area contributed by atoms with Crippen LogP contribution in [0.25, 0.3) is 0 Å². The summed E-state index contributed by atoms with van der Waals surface area (Å²) in [6.45, 7) is 0.425. The third-order valence-electron chi connectivity index (χ3n) is 2.95. The predicted octanol–water partition coefficient (Wildman–Crippen LogP) is 3.07. The van der Waals surface area contributed by atoms with Crippen LogP contribution in [0.1, 0.15) is 0 Å². The maximum atomic E-state index is 12.2. The molecular formula is C12H11BrCl2N2O4. The SMILES string of the molecule is O=C(O)C1COCCN1C(=O)Nc1ccc(Br)c(Cl)c1Cl.